The summed E-state index contributed by atoms with van der Waals surface area (Å²) in [4.78, 5) is 12.2. The summed E-state index contributed by atoms with van der Waals surface area (Å²) in [6.45, 7) is 4.01. The molecule has 3 aromatic rings. The average molecular weight is 383 g/mol. The standard InChI is InChI=1S/C20H21N3O3S/c1-13-6-4-5-7-17(13)14(2)21-18(24)12-27-20-23-22-19(26-20)15-8-10-16(25-3)11-9-15/h4-11,14H,12H2,1-3H3,(H,21,24). The van der Waals surface area contributed by atoms with E-state index in [9.17, 15) is 4.79 Å². The Morgan fingerprint density at radius 2 is 1.93 bits per heavy atom. The molecule has 0 radical (unpaired) electrons. The SMILES string of the molecule is COc1ccc(-c2nnc(SCC(=O)NC(C)c3ccccc3C)o2)cc1. The second-order valence-corrected chi connectivity index (χ2v) is 6.96. The highest BCUT2D eigenvalue weighted by molar-refractivity contribution is 7.99. The number of carbonyl (C=O) groups is 1. The van der Waals surface area contributed by atoms with E-state index in [1.54, 1.807) is 7.11 Å². The Bertz CT molecular complexity index is 909. The molecule has 0 fully saturated rings. The zero-order valence-corrected chi connectivity index (χ0v) is 16.2. The molecule has 6 nitrogen and oxygen atoms in total. The molecule has 0 bridgehead atoms. The minimum absolute atomic E-state index is 0.0585. The molecule has 0 aliphatic heterocycles. The summed E-state index contributed by atoms with van der Waals surface area (Å²) in [5, 5.41) is 11.4. The van der Waals surface area contributed by atoms with E-state index in [0.717, 1.165) is 22.4 Å². The minimum Gasteiger partial charge on any atom is -0.497 e. The van der Waals surface area contributed by atoms with E-state index in [0.29, 0.717) is 11.1 Å². The average Bonchev–Trinajstić information content (AvgIpc) is 3.16. The number of amides is 1. The molecule has 7 heteroatoms. The van der Waals surface area contributed by atoms with Gasteiger partial charge in [0.2, 0.25) is 11.8 Å². The normalized spacial score (nSPS) is 11.8. The highest BCUT2D eigenvalue weighted by Crippen LogP contribution is 2.25. The first-order chi connectivity index (χ1) is 13.1. The van der Waals surface area contributed by atoms with E-state index >= 15 is 0 Å². The maximum absolute atomic E-state index is 12.2. The van der Waals surface area contributed by atoms with Crippen LogP contribution in [0.2, 0.25) is 0 Å². The number of methoxy groups -OCH3 is 1. The van der Waals surface area contributed by atoms with Crippen LogP contribution in [0.1, 0.15) is 24.1 Å². The predicted molar refractivity (Wildman–Crippen MR) is 105 cm³/mol. The lowest BCUT2D eigenvalue weighted by molar-refractivity contribution is -0.119. The number of rotatable bonds is 7. The van der Waals surface area contributed by atoms with E-state index in [-0.39, 0.29) is 17.7 Å². The number of ether oxygens (including phenoxy) is 1. The molecule has 0 saturated carbocycles. The molecule has 1 amide bonds. The number of thioether (sulfide) groups is 1. The van der Waals surface area contributed by atoms with E-state index in [1.165, 1.54) is 11.8 Å². The van der Waals surface area contributed by atoms with E-state index in [4.69, 9.17) is 9.15 Å². The van der Waals surface area contributed by atoms with Gasteiger partial charge in [0.05, 0.1) is 18.9 Å². The van der Waals surface area contributed by atoms with Gasteiger partial charge in [-0.2, -0.15) is 0 Å². The fourth-order valence-corrected chi connectivity index (χ4v) is 3.25. The Morgan fingerprint density at radius 1 is 1.19 bits per heavy atom. The molecule has 1 heterocycles. The van der Waals surface area contributed by atoms with E-state index in [1.807, 2.05) is 62.4 Å². The summed E-state index contributed by atoms with van der Waals surface area (Å²) in [5.74, 6) is 1.29. The van der Waals surface area contributed by atoms with Gasteiger partial charge in [-0.1, -0.05) is 36.0 Å². The lowest BCUT2D eigenvalue weighted by atomic mass is 10.0. The van der Waals surface area contributed by atoms with Crippen LogP contribution in [0.25, 0.3) is 11.5 Å². The van der Waals surface area contributed by atoms with Crippen molar-refractivity contribution < 1.29 is 13.9 Å². The quantitative estimate of drug-likeness (QED) is 0.621. The van der Waals surface area contributed by atoms with Crippen LogP contribution in [0.3, 0.4) is 0 Å². The highest BCUT2D eigenvalue weighted by atomic mass is 32.2. The number of nitrogens with one attached hydrogen (secondary N) is 1. The van der Waals surface area contributed by atoms with Gasteiger partial charge in [0, 0.05) is 5.56 Å². The molecule has 0 aliphatic rings. The number of carbonyl (C=O) groups excluding carboxylic acids is 1. The molecule has 1 aromatic heterocycles. The van der Waals surface area contributed by atoms with Crippen LogP contribution in [0.15, 0.2) is 58.2 Å². The minimum atomic E-state index is -0.0834. The third kappa shape index (κ3) is 4.89. The van der Waals surface area contributed by atoms with Crippen molar-refractivity contribution in [2.75, 3.05) is 12.9 Å². The Morgan fingerprint density at radius 3 is 2.63 bits per heavy atom. The van der Waals surface area contributed by atoms with Crippen molar-refractivity contribution in [3.63, 3.8) is 0 Å². The lowest BCUT2D eigenvalue weighted by Crippen LogP contribution is -2.28. The third-order valence-corrected chi connectivity index (χ3v) is 4.92. The predicted octanol–water partition coefficient (Wildman–Crippen LogP) is 4.02. The molecule has 0 aliphatic carbocycles. The van der Waals surface area contributed by atoms with Crippen LogP contribution >= 0.6 is 11.8 Å². The van der Waals surface area contributed by atoms with Crippen molar-refractivity contribution in [1.82, 2.24) is 15.5 Å². The van der Waals surface area contributed by atoms with Crippen molar-refractivity contribution in [1.29, 1.82) is 0 Å². The summed E-state index contributed by atoms with van der Waals surface area (Å²) in [6, 6.07) is 15.3. The van der Waals surface area contributed by atoms with Gasteiger partial charge in [0.1, 0.15) is 5.75 Å². The Kier molecular flexibility index (Phi) is 6.13. The number of aromatic nitrogens is 2. The number of benzene rings is 2. The van der Waals surface area contributed by atoms with Crippen LogP contribution in [-0.2, 0) is 4.79 Å². The van der Waals surface area contributed by atoms with Crippen molar-refractivity contribution >= 4 is 17.7 Å². The van der Waals surface area contributed by atoms with Gasteiger partial charge in [-0.15, -0.1) is 10.2 Å². The maximum atomic E-state index is 12.2. The van der Waals surface area contributed by atoms with Gasteiger partial charge >= 0.3 is 0 Å². The van der Waals surface area contributed by atoms with Crippen LogP contribution in [-0.4, -0.2) is 29.0 Å². The molecular formula is C20H21N3O3S. The van der Waals surface area contributed by atoms with Gasteiger partial charge in [-0.25, -0.2) is 0 Å². The third-order valence-electron chi connectivity index (χ3n) is 4.10. The van der Waals surface area contributed by atoms with Gasteiger partial charge in [0.15, 0.2) is 0 Å². The Hall–Kier alpha value is -2.80. The van der Waals surface area contributed by atoms with E-state index < -0.39 is 0 Å². The topological polar surface area (TPSA) is 77.2 Å². The summed E-state index contributed by atoms with van der Waals surface area (Å²) < 4.78 is 10.8. The van der Waals surface area contributed by atoms with Crippen LogP contribution in [0, 0.1) is 6.92 Å². The second kappa shape index (κ2) is 8.73. The molecule has 1 unspecified atom stereocenters. The monoisotopic (exact) mass is 383 g/mol. The highest BCUT2D eigenvalue weighted by Gasteiger charge is 2.14. The van der Waals surface area contributed by atoms with Gasteiger partial charge in [-0.05, 0) is 49.2 Å². The molecular weight excluding hydrogens is 362 g/mol. The van der Waals surface area contributed by atoms with Gasteiger partial charge < -0.3 is 14.5 Å². The molecule has 0 spiro atoms. The summed E-state index contributed by atoms with van der Waals surface area (Å²) in [6.07, 6.45) is 0. The number of aryl methyl sites for hydroxylation is 1. The van der Waals surface area contributed by atoms with Crippen molar-refractivity contribution in [2.45, 2.75) is 25.1 Å². The first kappa shape index (κ1) is 19.0. The fourth-order valence-electron chi connectivity index (χ4n) is 2.68. The summed E-state index contributed by atoms with van der Waals surface area (Å²) in [7, 11) is 1.61. The zero-order chi connectivity index (χ0) is 19.2. The fraction of sp³-hybridized carbons (Fsp3) is 0.250. The second-order valence-electron chi connectivity index (χ2n) is 6.04. The molecule has 2 aromatic carbocycles. The summed E-state index contributed by atoms with van der Waals surface area (Å²) >= 11 is 1.22. The first-order valence-corrected chi connectivity index (χ1v) is 9.51. The van der Waals surface area contributed by atoms with Crippen molar-refractivity contribution in [3.8, 4) is 17.2 Å². The van der Waals surface area contributed by atoms with Crippen LogP contribution < -0.4 is 10.1 Å². The molecule has 140 valence electrons. The molecule has 3 rings (SSSR count). The molecule has 1 atom stereocenters. The molecule has 1 N–H and O–H groups in total. The Balaban J connectivity index is 1.55. The smallest absolute Gasteiger partial charge is 0.277 e. The lowest BCUT2D eigenvalue weighted by Gasteiger charge is -2.16. The van der Waals surface area contributed by atoms with Gasteiger partial charge in [-0.3, -0.25) is 4.79 Å². The maximum Gasteiger partial charge on any atom is 0.277 e. The first-order valence-electron chi connectivity index (χ1n) is 8.52. The van der Waals surface area contributed by atoms with Crippen LogP contribution in [0.4, 0.5) is 0 Å². The largest absolute Gasteiger partial charge is 0.497 e. The molecule has 27 heavy (non-hydrogen) atoms. The number of nitrogens with zero attached hydrogens (tertiary/aromatic N) is 2. The number of hydrogen-bond acceptors (Lipinski definition) is 6. The van der Waals surface area contributed by atoms with Gasteiger partial charge in [0.25, 0.3) is 5.22 Å². The zero-order valence-electron chi connectivity index (χ0n) is 15.4. The van der Waals surface area contributed by atoms with Crippen LogP contribution in [0.5, 0.6) is 5.75 Å². The van der Waals surface area contributed by atoms with E-state index in [2.05, 4.69) is 15.5 Å². The van der Waals surface area contributed by atoms with Crippen molar-refractivity contribution in [3.05, 3.63) is 59.7 Å². The Labute approximate surface area is 162 Å². The summed E-state index contributed by atoms with van der Waals surface area (Å²) in [5.41, 5.74) is 3.06. The van der Waals surface area contributed by atoms with Crippen molar-refractivity contribution in [2.24, 2.45) is 0 Å². The molecule has 0 saturated heterocycles. The number of hydrogen-bond donors (Lipinski definition) is 1.